The van der Waals surface area contributed by atoms with Crippen molar-refractivity contribution in [2.75, 3.05) is 25.5 Å². The van der Waals surface area contributed by atoms with Crippen LogP contribution in [0.2, 0.25) is 0 Å². The molecule has 3 N–H and O–H groups in total. The summed E-state index contributed by atoms with van der Waals surface area (Å²) < 4.78 is 0. The molecule has 0 aliphatic carbocycles. The zero-order valence-corrected chi connectivity index (χ0v) is 10.0. The predicted molar refractivity (Wildman–Crippen MR) is 67.0 cm³/mol. The van der Waals surface area contributed by atoms with E-state index in [9.17, 15) is 9.59 Å². The Labute approximate surface area is 101 Å². The number of carbonyl (C=O) groups excluding carboxylic acids is 2. The van der Waals surface area contributed by atoms with Gasteiger partial charge in [0.1, 0.15) is 0 Å². The summed E-state index contributed by atoms with van der Waals surface area (Å²) >= 11 is 0. The van der Waals surface area contributed by atoms with E-state index < -0.39 is 0 Å². The molecule has 0 aromatic heterocycles. The lowest BCUT2D eigenvalue weighted by Crippen LogP contribution is -2.29. The van der Waals surface area contributed by atoms with Crippen LogP contribution in [0.5, 0.6) is 0 Å². The SMILES string of the molecule is CCNC(=O)CNc1cccc(C(=O)NC)c1. The monoisotopic (exact) mass is 235 g/mol. The third-order valence-corrected chi connectivity index (χ3v) is 2.18. The lowest BCUT2D eigenvalue weighted by atomic mass is 10.2. The minimum atomic E-state index is -0.147. The van der Waals surface area contributed by atoms with Crippen LogP contribution in [0.3, 0.4) is 0 Å². The third kappa shape index (κ3) is 4.14. The summed E-state index contributed by atoms with van der Waals surface area (Å²) in [5.74, 6) is -0.218. The van der Waals surface area contributed by atoms with Crippen LogP contribution >= 0.6 is 0 Å². The summed E-state index contributed by atoms with van der Waals surface area (Å²) in [7, 11) is 1.58. The van der Waals surface area contributed by atoms with Gasteiger partial charge in [-0.15, -0.1) is 0 Å². The number of anilines is 1. The maximum absolute atomic E-state index is 11.4. The van der Waals surface area contributed by atoms with Crippen molar-refractivity contribution >= 4 is 17.5 Å². The van der Waals surface area contributed by atoms with E-state index in [0.29, 0.717) is 12.1 Å². The molecular formula is C12H17N3O2. The first-order chi connectivity index (χ1) is 8.17. The second kappa shape index (κ2) is 6.52. The highest BCUT2D eigenvalue weighted by atomic mass is 16.2. The summed E-state index contributed by atoms with van der Waals surface area (Å²) in [5.41, 5.74) is 1.31. The Morgan fingerprint density at radius 1 is 1.29 bits per heavy atom. The molecule has 17 heavy (non-hydrogen) atoms. The second-order valence-corrected chi connectivity index (χ2v) is 3.47. The highest BCUT2D eigenvalue weighted by Gasteiger charge is 2.04. The van der Waals surface area contributed by atoms with Gasteiger partial charge in [0, 0.05) is 24.8 Å². The minimum absolute atomic E-state index is 0.0714. The maximum Gasteiger partial charge on any atom is 0.251 e. The molecule has 0 spiro atoms. The van der Waals surface area contributed by atoms with Crippen LogP contribution in [0.15, 0.2) is 24.3 Å². The fourth-order valence-corrected chi connectivity index (χ4v) is 1.36. The summed E-state index contributed by atoms with van der Waals surface area (Å²) in [4.78, 5) is 22.6. The molecule has 0 bridgehead atoms. The quantitative estimate of drug-likeness (QED) is 0.699. The summed E-state index contributed by atoms with van der Waals surface area (Å²) in [6, 6.07) is 7.00. The van der Waals surface area contributed by atoms with Gasteiger partial charge >= 0.3 is 0 Å². The number of nitrogens with one attached hydrogen (secondary N) is 3. The Morgan fingerprint density at radius 3 is 2.71 bits per heavy atom. The molecule has 2 amide bonds. The van der Waals surface area contributed by atoms with Crippen LogP contribution in [0.25, 0.3) is 0 Å². The van der Waals surface area contributed by atoms with Gasteiger partial charge in [0.15, 0.2) is 0 Å². The van der Waals surface area contributed by atoms with Crippen molar-refractivity contribution < 1.29 is 9.59 Å². The van der Waals surface area contributed by atoms with E-state index in [2.05, 4.69) is 16.0 Å². The molecule has 1 rings (SSSR count). The van der Waals surface area contributed by atoms with Crippen LogP contribution in [0.4, 0.5) is 5.69 Å². The molecule has 0 saturated carbocycles. The molecular weight excluding hydrogens is 218 g/mol. The highest BCUT2D eigenvalue weighted by Crippen LogP contribution is 2.09. The van der Waals surface area contributed by atoms with Crippen molar-refractivity contribution in [3.8, 4) is 0 Å². The first-order valence-electron chi connectivity index (χ1n) is 5.50. The number of carbonyl (C=O) groups is 2. The van der Waals surface area contributed by atoms with Crippen molar-refractivity contribution in [1.29, 1.82) is 0 Å². The fourth-order valence-electron chi connectivity index (χ4n) is 1.36. The molecule has 0 radical (unpaired) electrons. The number of hydrogen-bond acceptors (Lipinski definition) is 3. The average Bonchev–Trinajstić information content (AvgIpc) is 2.36. The van der Waals surface area contributed by atoms with Gasteiger partial charge in [-0.1, -0.05) is 6.07 Å². The summed E-state index contributed by atoms with van der Waals surface area (Å²) in [6.45, 7) is 2.67. The van der Waals surface area contributed by atoms with Gasteiger partial charge in [-0.25, -0.2) is 0 Å². The molecule has 0 heterocycles. The molecule has 0 aliphatic heterocycles. The van der Waals surface area contributed by atoms with Gasteiger partial charge in [0.2, 0.25) is 5.91 Å². The predicted octanol–water partition coefficient (Wildman–Crippen LogP) is 0.594. The normalized spacial score (nSPS) is 9.53. The van der Waals surface area contributed by atoms with Crippen LogP contribution < -0.4 is 16.0 Å². The molecule has 1 aromatic carbocycles. The molecule has 0 fully saturated rings. The Kier molecular flexibility index (Phi) is 5.00. The van der Waals surface area contributed by atoms with Gasteiger partial charge in [0.25, 0.3) is 5.91 Å². The molecule has 5 nitrogen and oxygen atoms in total. The van der Waals surface area contributed by atoms with Crippen LogP contribution in [-0.4, -0.2) is 32.0 Å². The maximum atomic E-state index is 11.4. The van der Waals surface area contributed by atoms with Gasteiger partial charge in [-0.05, 0) is 25.1 Å². The van der Waals surface area contributed by atoms with Gasteiger partial charge < -0.3 is 16.0 Å². The topological polar surface area (TPSA) is 70.2 Å². The van der Waals surface area contributed by atoms with E-state index in [1.165, 1.54) is 0 Å². The summed E-state index contributed by atoms with van der Waals surface area (Å²) in [6.07, 6.45) is 0. The second-order valence-electron chi connectivity index (χ2n) is 3.47. The van der Waals surface area contributed by atoms with E-state index in [-0.39, 0.29) is 18.4 Å². The summed E-state index contributed by atoms with van der Waals surface area (Å²) in [5, 5.41) is 8.19. The Bertz CT molecular complexity index is 404. The first-order valence-corrected chi connectivity index (χ1v) is 5.50. The molecule has 5 heteroatoms. The lowest BCUT2D eigenvalue weighted by molar-refractivity contribution is -0.119. The molecule has 0 unspecified atom stereocenters. The van der Waals surface area contributed by atoms with E-state index in [0.717, 1.165) is 5.69 Å². The van der Waals surface area contributed by atoms with Crippen molar-refractivity contribution in [3.63, 3.8) is 0 Å². The Morgan fingerprint density at radius 2 is 2.06 bits per heavy atom. The molecule has 92 valence electrons. The largest absolute Gasteiger partial charge is 0.376 e. The standard InChI is InChI=1S/C12H17N3O2/c1-3-14-11(16)8-15-10-6-4-5-9(7-10)12(17)13-2/h4-7,15H,3,8H2,1-2H3,(H,13,17)(H,14,16). The van der Waals surface area contributed by atoms with E-state index >= 15 is 0 Å². The lowest BCUT2D eigenvalue weighted by Gasteiger charge is -2.07. The number of likely N-dealkylation sites (N-methyl/N-ethyl adjacent to an activating group) is 1. The molecule has 0 saturated heterocycles. The fraction of sp³-hybridized carbons (Fsp3) is 0.333. The zero-order valence-electron chi connectivity index (χ0n) is 10.0. The van der Waals surface area contributed by atoms with Crippen LogP contribution in [-0.2, 0) is 4.79 Å². The third-order valence-electron chi connectivity index (χ3n) is 2.18. The van der Waals surface area contributed by atoms with Crippen molar-refractivity contribution in [3.05, 3.63) is 29.8 Å². The van der Waals surface area contributed by atoms with Gasteiger partial charge in [-0.2, -0.15) is 0 Å². The minimum Gasteiger partial charge on any atom is -0.376 e. The van der Waals surface area contributed by atoms with Gasteiger partial charge in [0.05, 0.1) is 6.54 Å². The van der Waals surface area contributed by atoms with Crippen molar-refractivity contribution in [2.24, 2.45) is 0 Å². The smallest absolute Gasteiger partial charge is 0.251 e. The van der Waals surface area contributed by atoms with E-state index in [1.807, 2.05) is 13.0 Å². The van der Waals surface area contributed by atoms with Gasteiger partial charge in [-0.3, -0.25) is 9.59 Å². The number of benzene rings is 1. The number of rotatable bonds is 5. The first kappa shape index (κ1) is 13.0. The molecule has 0 aliphatic rings. The van der Waals surface area contributed by atoms with Crippen LogP contribution in [0.1, 0.15) is 17.3 Å². The van der Waals surface area contributed by atoms with E-state index in [4.69, 9.17) is 0 Å². The molecule has 0 atom stereocenters. The molecule has 1 aromatic rings. The number of amides is 2. The van der Waals surface area contributed by atoms with Crippen molar-refractivity contribution in [2.45, 2.75) is 6.92 Å². The Balaban J connectivity index is 2.60. The van der Waals surface area contributed by atoms with Crippen LogP contribution in [0, 0.1) is 0 Å². The Hall–Kier alpha value is -2.04. The van der Waals surface area contributed by atoms with E-state index in [1.54, 1.807) is 25.2 Å². The average molecular weight is 235 g/mol. The van der Waals surface area contributed by atoms with Crippen molar-refractivity contribution in [1.82, 2.24) is 10.6 Å². The number of hydrogen-bond donors (Lipinski definition) is 3. The zero-order chi connectivity index (χ0) is 12.7. The highest BCUT2D eigenvalue weighted by molar-refractivity contribution is 5.95.